The third-order valence-corrected chi connectivity index (χ3v) is 2.25. The van der Waals surface area contributed by atoms with Crippen LogP contribution in [-0.2, 0) is 0 Å². The van der Waals surface area contributed by atoms with Gasteiger partial charge in [-0.2, -0.15) is 0 Å². The zero-order chi connectivity index (χ0) is 11.1. The van der Waals surface area contributed by atoms with E-state index in [0.29, 0.717) is 19.2 Å². The second-order valence-electron chi connectivity index (χ2n) is 3.62. The van der Waals surface area contributed by atoms with Crippen LogP contribution in [0.4, 0.5) is 5.69 Å². The van der Waals surface area contributed by atoms with Crippen LogP contribution in [-0.4, -0.2) is 19.2 Å². The van der Waals surface area contributed by atoms with E-state index < -0.39 is 0 Å². The number of anilines is 1. The van der Waals surface area contributed by atoms with Crippen LogP contribution < -0.4 is 15.8 Å². The van der Waals surface area contributed by atoms with Crippen LogP contribution in [0, 0.1) is 0 Å². The van der Waals surface area contributed by atoms with Gasteiger partial charge in [0.2, 0.25) is 0 Å². The number of hydrogen-bond acceptors (Lipinski definition) is 3. The van der Waals surface area contributed by atoms with E-state index in [-0.39, 0.29) is 0 Å². The molecule has 3 N–H and O–H groups in total. The summed E-state index contributed by atoms with van der Waals surface area (Å²) in [6, 6.07) is 8.45. The minimum atomic E-state index is 0.481. The Labute approximate surface area is 91.6 Å². The van der Waals surface area contributed by atoms with Crippen molar-refractivity contribution in [2.24, 2.45) is 5.73 Å². The van der Waals surface area contributed by atoms with E-state index in [2.05, 4.69) is 19.2 Å². The molecule has 0 aliphatic carbocycles. The summed E-state index contributed by atoms with van der Waals surface area (Å²) in [6.07, 6.45) is 1.11. The molecule has 0 aliphatic heterocycles. The first-order valence-corrected chi connectivity index (χ1v) is 5.45. The molecule has 0 saturated heterocycles. The predicted molar refractivity (Wildman–Crippen MR) is 64.4 cm³/mol. The molecule has 1 aromatic carbocycles. The topological polar surface area (TPSA) is 47.3 Å². The maximum Gasteiger partial charge on any atom is 0.121 e. The molecule has 0 fully saturated rings. The van der Waals surface area contributed by atoms with Crippen LogP contribution in [0.1, 0.15) is 20.3 Å². The Bertz CT molecular complexity index is 289. The van der Waals surface area contributed by atoms with Gasteiger partial charge in [0.25, 0.3) is 0 Å². The third-order valence-electron chi connectivity index (χ3n) is 2.25. The number of ether oxygens (including phenoxy) is 1. The number of benzene rings is 1. The van der Waals surface area contributed by atoms with Gasteiger partial charge in [0.1, 0.15) is 12.4 Å². The maximum absolute atomic E-state index is 5.45. The van der Waals surface area contributed by atoms with E-state index in [1.165, 1.54) is 0 Å². The first kappa shape index (κ1) is 11.9. The fourth-order valence-corrected chi connectivity index (χ4v) is 1.24. The van der Waals surface area contributed by atoms with Gasteiger partial charge in [-0.3, -0.25) is 0 Å². The molecule has 0 heterocycles. The fourth-order valence-electron chi connectivity index (χ4n) is 1.24. The molecule has 1 atom stereocenters. The summed E-state index contributed by atoms with van der Waals surface area (Å²) in [6.45, 7) is 5.43. The van der Waals surface area contributed by atoms with Gasteiger partial charge in [0.15, 0.2) is 0 Å². The van der Waals surface area contributed by atoms with Gasteiger partial charge in [-0.05, 0) is 25.5 Å². The lowest BCUT2D eigenvalue weighted by atomic mass is 10.2. The molecule has 0 amide bonds. The summed E-state index contributed by atoms with van der Waals surface area (Å²) in [7, 11) is 0. The van der Waals surface area contributed by atoms with Crippen molar-refractivity contribution in [2.75, 3.05) is 18.5 Å². The monoisotopic (exact) mass is 208 g/mol. The highest BCUT2D eigenvalue weighted by atomic mass is 16.5. The van der Waals surface area contributed by atoms with Gasteiger partial charge in [-0.1, -0.05) is 13.0 Å². The molecule has 3 nitrogen and oxygen atoms in total. The molecule has 1 aromatic rings. The minimum Gasteiger partial charge on any atom is -0.492 e. The lowest BCUT2D eigenvalue weighted by molar-refractivity contribution is 0.328. The van der Waals surface area contributed by atoms with Gasteiger partial charge in [-0.25, -0.2) is 0 Å². The zero-order valence-electron chi connectivity index (χ0n) is 9.49. The van der Waals surface area contributed by atoms with Crippen molar-refractivity contribution in [2.45, 2.75) is 26.3 Å². The van der Waals surface area contributed by atoms with Crippen molar-refractivity contribution in [3.05, 3.63) is 24.3 Å². The lowest BCUT2D eigenvalue weighted by Gasteiger charge is -2.14. The van der Waals surface area contributed by atoms with Crippen LogP contribution in [0.3, 0.4) is 0 Å². The quantitative estimate of drug-likeness (QED) is 0.753. The number of hydrogen-bond donors (Lipinski definition) is 2. The van der Waals surface area contributed by atoms with Crippen LogP contribution in [0.2, 0.25) is 0 Å². The van der Waals surface area contributed by atoms with Crippen molar-refractivity contribution in [1.29, 1.82) is 0 Å². The average molecular weight is 208 g/mol. The van der Waals surface area contributed by atoms with Gasteiger partial charge in [0.05, 0.1) is 0 Å². The Morgan fingerprint density at radius 1 is 1.47 bits per heavy atom. The van der Waals surface area contributed by atoms with Crippen LogP contribution >= 0.6 is 0 Å². The Morgan fingerprint density at radius 3 is 2.93 bits per heavy atom. The molecule has 15 heavy (non-hydrogen) atoms. The minimum absolute atomic E-state index is 0.481. The van der Waals surface area contributed by atoms with Crippen LogP contribution in [0.5, 0.6) is 5.75 Å². The number of nitrogens with one attached hydrogen (secondary N) is 1. The van der Waals surface area contributed by atoms with Crippen LogP contribution in [0.25, 0.3) is 0 Å². The maximum atomic E-state index is 5.45. The Kier molecular flexibility index (Phi) is 4.98. The average Bonchev–Trinajstić information content (AvgIpc) is 2.26. The van der Waals surface area contributed by atoms with Crippen LogP contribution in [0.15, 0.2) is 24.3 Å². The Hall–Kier alpha value is -1.22. The predicted octanol–water partition coefficient (Wildman–Crippen LogP) is 2.23. The number of rotatable bonds is 6. The van der Waals surface area contributed by atoms with Gasteiger partial charge >= 0.3 is 0 Å². The summed E-state index contributed by atoms with van der Waals surface area (Å²) >= 11 is 0. The van der Waals surface area contributed by atoms with E-state index in [0.717, 1.165) is 17.9 Å². The molecule has 1 unspecified atom stereocenters. The third kappa shape index (κ3) is 4.21. The molecular weight excluding hydrogens is 188 g/mol. The molecule has 84 valence electrons. The Balaban J connectivity index is 2.57. The smallest absolute Gasteiger partial charge is 0.121 e. The molecule has 3 heteroatoms. The molecule has 0 bridgehead atoms. The first-order chi connectivity index (χ1) is 7.26. The van der Waals surface area contributed by atoms with E-state index in [1.54, 1.807) is 0 Å². The Morgan fingerprint density at radius 2 is 2.27 bits per heavy atom. The summed E-state index contributed by atoms with van der Waals surface area (Å²) in [5.74, 6) is 0.869. The molecule has 0 aliphatic rings. The number of nitrogens with two attached hydrogens (primary N) is 1. The van der Waals surface area contributed by atoms with Crippen molar-refractivity contribution in [3.63, 3.8) is 0 Å². The largest absolute Gasteiger partial charge is 0.492 e. The van der Waals surface area contributed by atoms with Crippen molar-refractivity contribution in [1.82, 2.24) is 0 Å². The zero-order valence-corrected chi connectivity index (χ0v) is 9.49. The highest BCUT2D eigenvalue weighted by molar-refractivity contribution is 5.48. The highest BCUT2D eigenvalue weighted by Crippen LogP contribution is 2.18. The molecule has 0 spiro atoms. The summed E-state index contributed by atoms with van der Waals surface area (Å²) in [5, 5.41) is 3.40. The standard InChI is InChI=1S/C12H20N2O/c1-3-10(2)14-11-5-4-6-12(9-11)15-8-7-13/h4-6,9-10,14H,3,7-8,13H2,1-2H3. The lowest BCUT2D eigenvalue weighted by Crippen LogP contribution is -2.14. The van der Waals surface area contributed by atoms with E-state index >= 15 is 0 Å². The summed E-state index contributed by atoms with van der Waals surface area (Å²) in [5.41, 5.74) is 6.47. The highest BCUT2D eigenvalue weighted by Gasteiger charge is 2.00. The molecule has 0 aromatic heterocycles. The molecule has 1 rings (SSSR count). The fraction of sp³-hybridized carbons (Fsp3) is 0.500. The van der Waals surface area contributed by atoms with Crippen molar-refractivity contribution < 1.29 is 4.74 Å². The van der Waals surface area contributed by atoms with Crippen molar-refractivity contribution in [3.8, 4) is 5.75 Å². The van der Waals surface area contributed by atoms with Gasteiger partial charge in [-0.15, -0.1) is 0 Å². The first-order valence-electron chi connectivity index (χ1n) is 5.45. The second-order valence-corrected chi connectivity index (χ2v) is 3.62. The van der Waals surface area contributed by atoms with E-state index in [1.807, 2.05) is 24.3 Å². The van der Waals surface area contributed by atoms with E-state index in [4.69, 9.17) is 10.5 Å². The normalized spacial score (nSPS) is 12.2. The van der Waals surface area contributed by atoms with Crippen molar-refractivity contribution >= 4 is 5.69 Å². The molecule has 0 radical (unpaired) electrons. The molecule has 0 saturated carbocycles. The van der Waals surface area contributed by atoms with Gasteiger partial charge in [0, 0.05) is 24.3 Å². The summed E-state index contributed by atoms with van der Waals surface area (Å²) in [4.78, 5) is 0. The molecular formula is C12H20N2O. The SMILES string of the molecule is CCC(C)Nc1cccc(OCCN)c1. The van der Waals surface area contributed by atoms with Gasteiger partial charge < -0.3 is 15.8 Å². The van der Waals surface area contributed by atoms with E-state index in [9.17, 15) is 0 Å². The second kappa shape index (κ2) is 6.30. The summed E-state index contributed by atoms with van der Waals surface area (Å²) < 4.78 is 5.45.